The molecule has 122 valence electrons. The van der Waals surface area contributed by atoms with Gasteiger partial charge in [-0.25, -0.2) is 0 Å². The van der Waals surface area contributed by atoms with E-state index in [2.05, 4.69) is 10.3 Å². The van der Waals surface area contributed by atoms with Crippen molar-refractivity contribution in [2.24, 2.45) is 5.92 Å². The second kappa shape index (κ2) is 7.18. The first-order valence-electron chi connectivity index (χ1n) is 8.25. The third-order valence-electron chi connectivity index (χ3n) is 4.66. The first-order chi connectivity index (χ1) is 11.2. The Morgan fingerprint density at radius 1 is 1.13 bits per heavy atom. The van der Waals surface area contributed by atoms with E-state index in [1.54, 1.807) is 24.4 Å². The van der Waals surface area contributed by atoms with Crippen LogP contribution in [0.2, 0.25) is 5.02 Å². The van der Waals surface area contributed by atoms with E-state index in [0.717, 1.165) is 0 Å². The molecule has 3 rings (SSSR count). The van der Waals surface area contributed by atoms with Crippen LogP contribution in [0, 0.1) is 5.92 Å². The normalized spacial score (nSPS) is 16.2. The lowest BCUT2D eigenvalue weighted by atomic mass is 10.00. The Morgan fingerprint density at radius 3 is 2.61 bits per heavy atom. The topological polar surface area (TPSA) is 62.0 Å². The Morgan fingerprint density at radius 2 is 1.87 bits per heavy atom. The molecule has 1 aliphatic carbocycles. The van der Waals surface area contributed by atoms with Gasteiger partial charge in [0.05, 0.1) is 10.6 Å². The van der Waals surface area contributed by atoms with E-state index in [9.17, 15) is 9.59 Å². The van der Waals surface area contributed by atoms with Gasteiger partial charge < -0.3 is 10.3 Å². The Bertz CT molecular complexity index is 761. The molecule has 0 atom stereocenters. The van der Waals surface area contributed by atoms with Gasteiger partial charge in [0.15, 0.2) is 0 Å². The van der Waals surface area contributed by atoms with E-state index in [4.69, 9.17) is 11.6 Å². The van der Waals surface area contributed by atoms with E-state index >= 15 is 0 Å². The van der Waals surface area contributed by atoms with Crippen molar-refractivity contribution in [3.63, 3.8) is 0 Å². The van der Waals surface area contributed by atoms with Crippen LogP contribution in [0.25, 0.3) is 10.8 Å². The Hall–Kier alpha value is -1.81. The molecule has 4 nitrogen and oxygen atoms in total. The van der Waals surface area contributed by atoms with Gasteiger partial charge in [0.1, 0.15) is 0 Å². The lowest BCUT2D eigenvalue weighted by molar-refractivity contribution is 0.0947. The van der Waals surface area contributed by atoms with Gasteiger partial charge in [-0.05, 0) is 37.0 Å². The molecule has 1 amide bonds. The van der Waals surface area contributed by atoms with Crippen molar-refractivity contribution in [1.82, 2.24) is 10.3 Å². The van der Waals surface area contributed by atoms with Crippen molar-refractivity contribution in [2.45, 2.75) is 38.5 Å². The van der Waals surface area contributed by atoms with Crippen LogP contribution in [0.3, 0.4) is 0 Å². The molecule has 5 heteroatoms. The average Bonchev–Trinajstić information content (AvgIpc) is 2.81. The summed E-state index contributed by atoms with van der Waals surface area (Å²) in [5.41, 5.74) is 0.181. The molecule has 1 aromatic carbocycles. The van der Waals surface area contributed by atoms with Crippen molar-refractivity contribution >= 4 is 28.3 Å². The van der Waals surface area contributed by atoms with Crippen molar-refractivity contribution in [3.8, 4) is 0 Å². The number of fused-ring (bicyclic) bond motifs is 1. The van der Waals surface area contributed by atoms with E-state index in [1.165, 1.54) is 38.5 Å². The zero-order valence-corrected chi connectivity index (χ0v) is 13.8. The zero-order valence-electron chi connectivity index (χ0n) is 13.0. The summed E-state index contributed by atoms with van der Waals surface area (Å²) >= 11 is 6.22. The number of aromatic nitrogens is 1. The average molecular weight is 333 g/mol. The fourth-order valence-electron chi connectivity index (χ4n) is 3.37. The minimum Gasteiger partial charge on any atom is -0.352 e. The fourth-order valence-corrected chi connectivity index (χ4v) is 3.62. The van der Waals surface area contributed by atoms with Crippen LogP contribution < -0.4 is 10.9 Å². The van der Waals surface area contributed by atoms with Gasteiger partial charge in [0, 0.05) is 23.5 Å². The molecule has 23 heavy (non-hydrogen) atoms. The SMILES string of the molecule is O=C(NCC1CCCCCC1)c1c(Cl)ccc2c(=O)[nH]ccc12. The maximum atomic E-state index is 12.6. The summed E-state index contributed by atoms with van der Waals surface area (Å²) in [6.07, 6.45) is 8.95. The number of nitrogens with one attached hydrogen (secondary N) is 2. The lowest BCUT2D eigenvalue weighted by Crippen LogP contribution is -2.29. The molecule has 2 aromatic rings. The highest BCUT2D eigenvalue weighted by atomic mass is 35.5. The maximum Gasteiger partial charge on any atom is 0.255 e. The molecule has 0 aliphatic heterocycles. The third-order valence-corrected chi connectivity index (χ3v) is 4.97. The van der Waals surface area contributed by atoms with E-state index in [0.29, 0.717) is 33.8 Å². The smallest absolute Gasteiger partial charge is 0.255 e. The number of hydrogen-bond acceptors (Lipinski definition) is 2. The minimum atomic E-state index is -0.211. The van der Waals surface area contributed by atoms with Crippen LogP contribution in [0.4, 0.5) is 0 Å². The molecule has 0 bridgehead atoms. The lowest BCUT2D eigenvalue weighted by Gasteiger charge is -2.16. The summed E-state index contributed by atoms with van der Waals surface area (Å²) < 4.78 is 0. The molecule has 0 saturated heterocycles. The van der Waals surface area contributed by atoms with Gasteiger partial charge >= 0.3 is 0 Å². The monoisotopic (exact) mass is 332 g/mol. The highest BCUT2D eigenvalue weighted by molar-refractivity contribution is 6.35. The third kappa shape index (κ3) is 3.58. The first-order valence-corrected chi connectivity index (χ1v) is 8.62. The number of carbonyl (C=O) groups excluding carboxylic acids is 1. The van der Waals surface area contributed by atoms with Crippen molar-refractivity contribution in [3.05, 3.63) is 45.3 Å². The van der Waals surface area contributed by atoms with Crippen LogP contribution in [-0.2, 0) is 0 Å². The predicted octanol–water partition coefficient (Wildman–Crippen LogP) is 3.88. The summed E-state index contributed by atoms with van der Waals surface area (Å²) in [4.78, 5) is 27.1. The van der Waals surface area contributed by atoms with Crippen molar-refractivity contribution in [1.29, 1.82) is 0 Å². The number of H-pyrrole nitrogens is 1. The van der Waals surface area contributed by atoms with Crippen molar-refractivity contribution < 1.29 is 4.79 Å². The summed E-state index contributed by atoms with van der Waals surface area (Å²) in [7, 11) is 0. The Kier molecular flexibility index (Phi) is 5.01. The second-order valence-corrected chi connectivity index (χ2v) is 6.67. The fraction of sp³-hybridized carbons (Fsp3) is 0.444. The maximum absolute atomic E-state index is 12.6. The Labute approximate surface area is 140 Å². The van der Waals surface area contributed by atoms with E-state index in [1.807, 2.05) is 0 Å². The number of aromatic amines is 1. The molecule has 1 aliphatic rings. The molecule has 0 spiro atoms. The number of carbonyl (C=O) groups is 1. The molecule has 1 fully saturated rings. The molecule has 2 N–H and O–H groups in total. The zero-order chi connectivity index (χ0) is 16.2. The van der Waals surface area contributed by atoms with Gasteiger partial charge in [0.2, 0.25) is 0 Å². The summed E-state index contributed by atoms with van der Waals surface area (Å²) in [5, 5.41) is 4.47. The second-order valence-electron chi connectivity index (χ2n) is 6.26. The van der Waals surface area contributed by atoms with Crippen LogP contribution in [0.1, 0.15) is 48.9 Å². The predicted molar refractivity (Wildman–Crippen MR) is 93.1 cm³/mol. The quantitative estimate of drug-likeness (QED) is 0.838. The summed E-state index contributed by atoms with van der Waals surface area (Å²) in [5.74, 6) is 0.342. The molecule has 1 heterocycles. The first kappa shape index (κ1) is 16.1. The minimum absolute atomic E-state index is 0.199. The number of amides is 1. The Balaban J connectivity index is 1.81. The number of rotatable bonds is 3. The van der Waals surface area contributed by atoms with Crippen LogP contribution >= 0.6 is 11.6 Å². The van der Waals surface area contributed by atoms with Gasteiger partial charge in [-0.15, -0.1) is 0 Å². The molecule has 0 radical (unpaired) electrons. The highest BCUT2D eigenvalue weighted by Crippen LogP contribution is 2.25. The van der Waals surface area contributed by atoms with Gasteiger partial charge in [-0.2, -0.15) is 0 Å². The summed E-state index contributed by atoms with van der Waals surface area (Å²) in [6, 6.07) is 4.99. The van der Waals surface area contributed by atoms with Crippen LogP contribution in [-0.4, -0.2) is 17.4 Å². The summed E-state index contributed by atoms with van der Waals surface area (Å²) in [6.45, 7) is 0.675. The number of benzene rings is 1. The van der Waals surface area contributed by atoms with Crippen molar-refractivity contribution in [2.75, 3.05) is 6.54 Å². The van der Waals surface area contributed by atoms with Gasteiger partial charge in [0.25, 0.3) is 11.5 Å². The number of hydrogen-bond donors (Lipinski definition) is 2. The van der Waals surface area contributed by atoms with Crippen LogP contribution in [0.15, 0.2) is 29.2 Å². The van der Waals surface area contributed by atoms with Crippen LogP contribution in [0.5, 0.6) is 0 Å². The van der Waals surface area contributed by atoms with Gasteiger partial charge in [-0.1, -0.05) is 37.3 Å². The largest absolute Gasteiger partial charge is 0.352 e. The molecule has 1 aromatic heterocycles. The number of pyridine rings is 1. The van der Waals surface area contributed by atoms with E-state index < -0.39 is 0 Å². The van der Waals surface area contributed by atoms with Gasteiger partial charge in [-0.3, -0.25) is 9.59 Å². The molecular weight excluding hydrogens is 312 g/mol. The molecular formula is C18H21ClN2O2. The standard InChI is InChI=1S/C18H21ClN2O2/c19-15-8-7-14-13(9-10-20-17(14)22)16(15)18(23)21-11-12-5-3-1-2-4-6-12/h7-10,12H,1-6,11H2,(H,20,22)(H,21,23). The van der Waals surface area contributed by atoms with E-state index in [-0.39, 0.29) is 11.5 Å². The molecule has 1 saturated carbocycles. The number of halogens is 1. The highest BCUT2D eigenvalue weighted by Gasteiger charge is 2.18. The molecule has 0 unspecified atom stereocenters.